The van der Waals surface area contributed by atoms with E-state index >= 15 is 0 Å². The predicted molar refractivity (Wildman–Crippen MR) is 74.1 cm³/mol. The van der Waals surface area contributed by atoms with E-state index in [4.69, 9.17) is 0 Å². The predicted octanol–water partition coefficient (Wildman–Crippen LogP) is 0.173. The molecule has 1 unspecified atom stereocenters. The number of sulfonamides is 1. The number of likely N-dealkylation sites (tertiary alicyclic amines) is 1. The van der Waals surface area contributed by atoms with Gasteiger partial charge in [-0.3, -0.25) is 4.90 Å². The number of nitrogens with one attached hydrogen (secondary N) is 1. The highest BCUT2D eigenvalue weighted by molar-refractivity contribution is 7.88. The van der Waals surface area contributed by atoms with Crippen molar-refractivity contribution < 1.29 is 13.5 Å². The molecule has 6 heteroatoms. The van der Waals surface area contributed by atoms with Crippen LogP contribution < -0.4 is 4.72 Å². The zero-order valence-corrected chi connectivity index (χ0v) is 11.6. The molecule has 1 aliphatic heterocycles. The normalized spacial score (nSPS) is 20.8. The van der Waals surface area contributed by atoms with E-state index in [0.29, 0.717) is 19.6 Å². The van der Waals surface area contributed by atoms with E-state index in [2.05, 4.69) is 9.62 Å². The van der Waals surface area contributed by atoms with Crippen LogP contribution in [0.2, 0.25) is 0 Å². The Kier molecular flexibility index (Phi) is 4.93. The first-order chi connectivity index (χ1) is 9.05. The molecule has 5 nitrogen and oxygen atoms in total. The Labute approximate surface area is 114 Å². The van der Waals surface area contributed by atoms with Gasteiger partial charge in [0.25, 0.3) is 0 Å². The van der Waals surface area contributed by atoms with Crippen molar-refractivity contribution in [2.45, 2.75) is 18.3 Å². The summed E-state index contributed by atoms with van der Waals surface area (Å²) in [5.74, 6) is 0.0104. The Bertz CT molecular complexity index is 490. The molecule has 19 heavy (non-hydrogen) atoms. The molecule has 1 saturated heterocycles. The van der Waals surface area contributed by atoms with E-state index in [1.165, 1.54) is 0 Å². The lowest BCUT2D eigenvalue weighted by Crippen LogP contribution is -2.34. The van der Waals surface area contributed by atoms with Gasteiger partial charge in [-0.05, 0) is 12.0 Å². The molecule has 2 rings (SSSR count). The maximum absolute atomic E-state index is 11.9. The molecule has 1 aromatic rings. The smallest absolute Gasteiger partial charge is 0.215 e. The number of aliphatic hydroxyl groups is 1. The van der Waals surface area contributed by atoms with Crippen LogP contribution >= 0.6 is 0 Å². The first kappa shape index (κ1) is 14.5. The van der Waals surface area contributed by atoms with E-state index in [0.717, 1.165) is 18.5 Å². The van der Waals surface area contributed by atoms with Crippen LogP contribution in [-0.2, 0) is 15.8 Å². The molecule has 1 aliphatic rings. The van der Waals surface area contributed by atoms with Gasteiger partial charge in [-0.15, -0.1) is 0 Å². The number of hydrogen-bond donors (Lipinski definition) is 2. The summed E-state index contributed by atoms with van der Waals surface area (Å²) in [6.45, 7) is 2.51. The minimum Gasteiger partial charge on any atom is -0.392 e. The van der Waals surface area contributed by atoms with Crippen LogP contribution in [0.15, 0.2) is 30.3 Å². The molecule has 1 fully saturated rings. The largest absolute Gasteiger partial charge is 0.392 e. The van der Waals surface area contributed by atoms with Crippen LogP contribution in [0.3, 0.4) is 0 Å². The summed E-state index contributed by atoms with van der Waals surface area (Å²) < 4.78 is 26.3. The van der Waals surface area contributed by atoms with Crippen molar-refractivity contribution in [3.63, 3.8) is 0 Å². The van der Waals surface area contributed by atoms with E-state index in [1.807, 2.05) is 18.2 Å². The van der Waals surface area contributed by atoms with E-state index < -0.39 is 10.0 Å². The standard InChI is InChI=1S/C13H20N2O3S/c16-13-6-8-15(10-13)9-7-14-19(17,18)11-12-4-2-1-3-5-12/h1-5,13-14,16H,6-11H2. The number of nitrogens with zero attached hydrogens (tertiary/aromatic N) is 1. The molecule has 1 atom stereocenters. The summed E-state index contributed by atoms with van der Waals surface area (Å²) in [4.78, 5) is 2.07. The fourth-order valence-corrected chi connectivity index (χ4v) is 3.35. The molecular formula is C13H20N2O3S. The Morgan fingerprint density at radius 3 is 2.68 bits per heavy atom. The lowest BCUT2D eigenvalue weighted by atomic mass is 10.2. The summed E-state index contributed by atoms with van der Waals surface area (Å²) in [5, 5.41) is 9.37. The van der Waals surface area contributed by atoms with Gasteiger partial charge < -0.3 is 5.11 Å². The highest BCUT2D eigenvalue weighted by Gasteiger charge is 2.20. The van der Waals surface area contributed by atoms with Crippen molar-refractivity contribution >= 4 is 10.0 Å². The Morgan fingerprint density at radius 2 is 2.05 bits per heavy atom. The summed E-state index contributed by atoms with van der Waals surface area (Å²) in [5.41, 5.74) is 0.784. The van der Waals surface area contributed by atoms with Gasteiger partial charge in [0.1, 0.15) is 0 Å². The monoisotopic (exact) mass is 284 g/mol. The number of β-amino-alcohol motifs (C(OH)–C–C–N with tert-alkyl or cyclic N) is 1. The molecule has 1 aromatic carbocycles. The Hall–Kier alpha value is -0.950. The molecule has 1 heterocycles. The van der Waals surface area contributed by atoms with Crippen molar-refractivity contribution in [2.24, 2.45) is 0 Å². The summed E-state index contributed by atoms with van der Waals surface area (Å²) >= 11 is 0. The average Bonchev–Trinajstić information content (AvgIpc) is 2.75. The molecule has 106 valence electrons. The van der Waals surface area contributed by atoms with Crippen molar-refractivity contribution in [2.75, 3.05) is 26.2 Å². The van der Waals surface area contributed by atoms with Crippen molar-refractivity contribution in [3.05, 3.63) is 35.9 Å². The Balaban J connectivity index is 1.75. The third-order valence-electron chi connectivity index (χ3n) is 3.20. The highest BCUT2D eigenvalue weighted by Crippen LogP contribution is 2.08. The average molecular weight is 284 g/mol. The summed E-state index contributed by atoms with van der Waals surface area (Å²) in [6, 6.07) is 9.13. The van der Waals surface area contributed by atoms with Gasteiger partial charge in [0.15, 0.2) is 0 Å². The number of rotatable bonds is 6. The molecule has 0 aromatic heterocycles. The van der Waals surface area contributed by atoms with Gasteiger partial charge in [-0.25, -0.2) is 13.1 Å². The van der Waals surface area contributed by atoms with Gasteiger partial charge in [0.05, 0.1) is 11.9 Å². The first-order valence-corrected chi connectivity index (χ1v) is 8.12. The second-order valence-corrected chi connectivity index (χ2v) is 6.69. The lowest BCUT2D eigenvalue weighted by molar-refractivity contribution is 0.177. The number of aliphatic hydroxyl groups excluding tert-OH is 1. The minimum atomic E-state index is -3.28. The van der Waals surface area contributed by atoms with Gasteiger partial charge >= 0.3 is 0 Å². The summed E-state index contributed by atoms with van der Waals surface area (Å²) in [7, 11) is -3.28. The molecule has 0 aliphatic carbocycles. The third-order valence-corrected chi connectivity index (χ3v) is 4.55. The third kappa shape index (κ3) is 4.91. The summed E-state index contributed by atoms with van der Waals surface area (Å²) in [6.07, 6.45) is 0.512. The van der Waals surface area contributed by atoms with Crippen molar-refractivity contribution in [1.82, 2.24) is 9.62 Å². The quantitative estimate of drug-likeness (QED) is 0.781. The molecule has 0 bridgehead atoms. The lowest BCUT2D eigenvalue weighted by Gasteiger charge is -2.15. The van der Waals surface area contributed by atoms with Gasteiger partial charge in [-0.2, -0.15) is 0 Å². The van der Waals surface area contributed by atoms with Crippen molar-refractivity contribution in [3.8, 4) is 0 Å². The zero-order valence-electron chi connectivity index (χ0n) is 10.8. The fourth-order valence-electron chi connectivity index (χ4n) is 2.22. The topological polar surface area (TPSA) is 69.6 Å². The van der Waals surface area contributed by atoms with Crippen LogP contribution in [0, 0.1) is 0 Å². The second kappa shape index (κ2) is 6.47. The van der Waals surface area contributed by atoms with Crippen LogP contribution in [-0.4, -0.2) is 50.7 Å². The number of hydrogen-bond acceptors (Lipinski definition) is 4. The van der Waals surface area contributed by atoms with Crippen LogP contribution in [0.25, 0.3) is 0 Å². The zero-order chi connectivity index (χ0) is 13.7. The molecule has 0 saturated carbocycles. The van der Waals surface area contributed by atoms with Crippen molar-refractivity contribution in [1.29, 1.82) is 0 Å². The van der Waals surface area contributed by atoms with E-state index in [1.54, 1.807) is 12.1 Å². The van der Waals surface area contributed by atoms with E-state index in [-0.39, 0.29) is 11.9 Å². The molecule has 0 amide bonds. The SMILES string of the molecule is O=S(=O)(Cc1ccccc1)NCCN1CCC(O)C1. The minimum absolute atomic E-state index is 0.0104. The maximum Gasteiger partial charge on any atom is 0.215 e. The number of benzene rings is 1. The Morgan fingerprint density at radius 1 is 1.32 bits per heavy atom. The molecule has 2 N–H and O–H groups in total. The first-order valence-electron chi connectivity index (χ1n) is 6.47. The highest BCUT2D eigenvalue weighted by atomic mass is 32.2. The fraction of sp³-hybridized carbons (Fsp3) is 0.538. The second-order valence-electron chi connectivity index (χ2n) is 4.88. The van der Waals surface area contributed by atoms with Crippen LogP contribution in [0.4, 0.5) is 0 Å². The molecule has 0 radical (unpaired) electrons. The van der Waals surface area contributed by atoms with Gasteiger partial charge in [0.2, 0.25) is 10.0 Å². The molecule has 0 spiro atoms. The van der Waals surface area contributed by atoms with Gasteiger partial charge in [0, 0.05) is 26.2 Å². The van der Waals surface area contributed by atoms with Crippen LogP contribution in [0.1, 0.15) is 12.0 Å². The van der Waals surface area contributed by atoms with Crippen LogP contribution in [0.5, 0.6) is 0 Å². The van der Waals surface area contributed by atoms with E-state index in [9.17, 15) is 13.5 Å². The molecular weight excluding hydrogens is 264 g/mol. The maximum atomic E-state index is 11.9. The van der Waals surface area contributed by atoms with Gasteiger partial charge in [-0.1, -0.05) is 30.3 Å².